The van der Waals surface area contributed by atoms with Crippen molar-refractivity contribution < 1.29 is 17.6 Å². The topological polar surface area (TPSA) is 84.3 Å². The van der Waals surface area contributed by atoms with E-state index in [1.165, 1.54) is 15.9 Å². The van der Waals surface area contributed by atoms with E-state index in [0.29, 0.717) is 25.2 Å². The third-order valence-corrected chi connectivity index (χ3v) is 7.96. The van der Waals surface area contributed by atoms with E-state index in [1.54, 1.807) is 16.9 Å². The van der Waals surface area contributed by atoms with Gasteiger partial charge in [-0.15, -0.1) is 0 Å². The highest BCUT2D eigenvalue weighted by Crippen LogP contribution is 2.27. The average Bonchev–Trinajstić information content (AvgIpc) is 3.23. The summed E-state index contributed by atoms with van der Waals surface area (Å²) in [5.41, 5.74) is 2.24. The summed E-state index contributed by atoms with van der Waals surface area (Å²) in [4.78, 5) is 12.8. The SMILES string of the molecule is Cc1ccc(Cn2nccc2NC(=O)C2CCN(S(=O)(=O)c3ccc(F)c(Cl)c3)CC2)cc1. The van der Waals surface area contributed by atoms with Gasteiger partial charge in [-0.1, -0.05) is 41.4 Å². The number of rotatable bonds is 6. The van der Waals surface area contributed by atoms with Crippen molar-refractivity contribution in [1.29, 1.82) is 0 Å². The third-order valence-electron chi connectivity index (χ3n) is 5.77. The van der Waals surface area contributed by atoms with Gasteiger partial charge in [-0.05, 0) is 43.5 Å². The highest BCUT2D eigenvalue weighted by Gasteiger charge is 2.32. The number of nitrogens with zero attached hydrogens (tertiary/aromatic N) is 3. The molecule has 1 aromatic heterocycles. The van der Waals surface area contributed by atoms with Gasteiger partial charge in [0.05, 0.1) is 22.7 Å². The van der Waals surface area contributed by atoms with E-state index in [2.05, 4.69) is 10.4 Å². The zero-order valence-electron chi connectivity index (χ0n) is 18.0. The zero-order valence-corrected chi connectivity index (χ0v) is 19.6. The first-order valence-electron chi connectivity index (χ1n) is 10.6. The van der Waals surface area contributed by atoms with Gasteiger partial charge < -0.3 is 5.32 Å². The Bertz CT molecular complexity index is 1250. The number of aromatic nitrogens is 2. The molecular weight excluding hydrogens is 467 g/mol. The number of carbonyl (C=O) groups is 1. The number of carbonyl (C=O) groups excluding carboxylic acids is 1. The third kappa shape index (κ3) is 5.26. The van der Waals surface area contributed by atoms with Crippen LogP contribution in [0, 0.1) is 18.7 Å². The predicted molar refractivity (Wildman–Crippen MR) is 124 cm³/mol. The van der Waals surface area contributed by atoms with E-state index in [-0.39, 0.29) is 34.8 Å². The van der Waals surface area contributed by atoms with Gasteiger partial charge in [-0.25, -0.2) is 17.5 Å². The molecule has 1 fully saturated rings. The molecule has 4 rings (SSSR count). The van der Waals surface area contributed by atoms with Crippen LogP contribution >= 0.6 is 11.6 Å². The second-order valence-corrected chi connectivity index (χ2v) is 10.4. The molecule has 1 aliphatic rings. The fourth-order valence-corrected chi connectivity index (χ4v) is 5.55. The van der Waals surface area contributed by atoms with Crippen molar-refractivity contribution in [2.24, 2.45) is 5.92 Å². The second kappa shape index (κ2) is 9.62. The number of amides is 1. The number of piperidine rings is 1. The fraction of sp³-hybridized carbons (Fsp3) is 0.304. The van der Waals surface area contributed by atoms with Crippen molar-refractivity contribution in [1.82, 2.24) is 14.1 Å². The highest BCUT2D eigenvalue weighted by molar-refractivity contribution is 7.89. The molecule has 174 valence electrons. The summed E-state index contributed by atoms with van der Waals surface area (Å²) < 4.78 is 42.1. The highest BCUT2D eigenvalue weighted by atomic mass is 35.5. The van der Waals surface area contributed by atoms with Crippen LogP contribution in [0.3, 0.4) is 0 Å². The van der Waals surface area contributed by atoms with Crippen LogP contribution in [0.4, 0.5) is 10.2 Å². The number of benzene rings is 2. The van der Waals surface area contributed by atoms with Gasteiger partial charge in [0, 0.05) is 25.1 Å². The molecule has 0 spiro atoms. The van der Waals surface area contributed by atoms with E-state index < -0.39 is 15.8 Å². The lowest BCUT2D eigenvalue weighted by Gasteiger charge is -2.30. The Morgan fingerprint density at radius 3 is 2.52 bits per heavy atom. The number of sulfonamides is 1. The maximum Gasteiger partial charge on any atom is 0.243 e. The minimum Gasteiger partial charge on any atom is -0.311 e. The molecule has 0 radical (unpaired) electrons. The van der Waals surface area contributed by atoms with Crippen molar-refractivity contribution in [3.05, 3.63) is 76.7 Å². The van der Waals surface area contributed by atoms with Crippen LogP contribution in [0.15, 0.2) is 59.6 Å². The van der Waals surface area contributed by atoms with Crippen molar-refractivity contribution in [3.8, 4) is 0 Å². The molecule has 0 saturated carbocycles. The lowest BCUT2D eigenvalue weighted by molar-refractivity contribution is -0.121. The first-order valence-corrected chi connectivity index (χ1v) is 12.4. The summed E-state index contributed by atoms with van der Waals surface area (Å²) in [5, 5.41) is 6.98. The standard InChI is InChI=1S/C23H24ClFN4O3S/c1-16-2-4-17(5-3-16)15-29-22(8-11-26-29)27-23(30)18-9-12-28(13-10-18)33(31,32)19-6-7-21(25)20(24)14-19/h2-8,11,14,18H,9-10,12-13,15H2,1H3,(H,27,30). The van der Waals surface area contributed by atoms with Crippen LogP contribution in [0.25, 0.3) is 0 Å². The molecule has 33 heavy (non-hydrogen) atoms. The minimum absolute atomic E-state index is 0.0585. The Labute approximate surface area is 197 Å². The molecule has 0 unspecified atom stereocenters. The molecule has 7 nitrogen and oxygen atoms in total. The molecule has 1 N–H and O–H groups in total. The van der Waals surface area contributed by atoms with E-state index >= 15 is 0 Å². The number of hydrogen-bond donors (Lipinski definition) is 1. The van der Waals surface area contributed by atoms with Gasteiger partial charge >= 0.3 is 0 Å². The molecule has 2 heterocycles. The largest absolute Gasteiger partial charge is 0.311 e. The number of hydrogen-bond acceptors (Lipinski definition) is 4. The first-order chi connectivity index (χ1) is 15.7. The van der Waals surface area contributed by atoms with Crippen LogP contribution in [-0.4, -0.2) is 41.5 Å². The van der Waals surface area contributed by atoms with Crippen LogP contribution in [0.2, 0.25) is 5.02 Å². The summed E-state index contributed by atoms with van der Waals surface area (Å²) in [5.74, 6) is -0.567. The van der Waals surface area contributed by atoms with Crippen molar-refractivity contribution >= 4 is 33.3 Å². The van der Waals surface area contributed by atoms with Gasteiger partial charge in [0.1, 0.15) is 11.6 Å². The lowest BCUT2D eigenvalue weighted by Crippen LogP contribution is -2.41. The summed E-state index contributed by atoms with van der Waals surface area (Å²) >= 11 is 5.74. The van der Waals surface area contributed by atoms with Gasteiger partial charge in [-0.3, -0.25) is 4.79 Å². The minimum atomic E-state index is -3.81. The van der Waals surface area contributed by atoms with E-state index in [9.17, 15) is 17.6 Å². The van der Waals surface area contributed by atoms with E-state index in [0.717, 1.165) is 17.7 Å². The molecule has 10 heteroatoms. The average molecular weight is 491 g/mol. The summed E-state index contributed by atoms with van der Waals surface area (Å²) in [6.07, 6.45) is 2.39. The van der Waals surface area contributed by atoms with Crippen molar-refractivity contribution in [2.45, 2.75) is 31.2 Å². The Hall–Kier alpha value is -2.75. The molecule has 2 aromatic carbocycles. The summed E-state index contributed by atoms with van der Waals surface area (Å²) in [6.45, 7) is 2.94. The second-order valence-electron chi connectivity index (χ2n) is 8.10. The molecular formula is C23H24ClFN4O3S. The number of nitrogens with one attached hydrogen (secondary N) is 1. The van der Waals surface area contributed by atoms with Gasteiger partial charge in [0.2, 0.25) is 15.9 Å². The quantitative estimate of drug-likeness (QED) is 0.564. The normalized spacial score (nSPS) is 15.5. The first kappa shape index (κ1) is 23.4. The molecule has 0 aliphatic carbocycles. The molecule has 1 aliphatic heterocycles. The number of halogens is 2. The molecule has 1 saturated heterocycles. The van der Waals surface area contributed by atoms with E-state index in [1.807, 2.05) is 31.2 Å². The molecule has 0 bridgehead atoms. The zero-order chi connectivity index (χ0) is 23.6. The summed E-state index contributed by atoms with van der Waals surface area (Å²) in [6, 6.07) is 13.2. The predicted octanol–water partition coefficient (Wildman–Crippen LogP) is 4.07. The van der Waals surface area contributed by atoms with Crippen LogP contribution in [0.5, 0.6) is 0 Å². The maximum absolute atomic E-state index is 13.4. The van der Waals surface area contributed by atoms with E-state index in [4.69, 9.17) is 11.6 Å². The maximum atomic E-state index is 13.4. The fourth-order valence-electron chi connectivity index (χ4n) is 3.80. The van der Waals surface area contributed by atoms with Crippen LogP contribution in [0.1, 0.15) is 24.0 Å². The molecule has 3 aromatic rings. The molecule has 1 amide bonds. The van der Waals surface area contributed by atoms with Crippen LogP contribution in [-0.2, 0) is 21.4 Å². The smallest absolute Gasteiger partial charge is 0.243 e. The van der Waals surface area contributed by atoms with Gasteiger partial charge in [-0.2, -0.15) is 9.40 Å². The Morgan fingerprint density at radius 2 is 1.85 bits per heavy atom. The Morgan fingerprint density at radius 1 is 1.15 bits per heavy atom. The van der Waals surface area contributed by atoms with Crippen molar-refractivity contribution in [3.63, 3.8) is 0 Å². The summed E-state index contributed by atoms with van der Waals surface area (Å²) in [7, 11) is -3.81. The lowest BCUT2D eigenvalue weighted by atomic mass is 9.97. The monoisotopic (exact) mass is 490 g/mol. The van der Waals surface area contributed by atoms with Gasteiger partial charge in [0.25, 0.3) is 0 Å². The van der Waals surface area contributed by atoms with Gasteiger partial charge in [0.15, 0.2) is 0 Å². The number of aryl methyl sites for hydroxylation is 1. The van der Waals surface area contributed by atoms with Crippen LogP contribution < -0.4 is 5.32 Å². The van der Waals surface area contributed by atoms with Crippen molar-refractivity contribution in [2.75, 3.05) is 18.4 Å². The number of anilines is 1. The molecule has 0 atom stereocenters. The Balaban J connectivity index is 1.37. The Kier molecular flexibility index (Phi) is 6.83.